The molecule has 0 aliphatic carbocycles. The molecule has 1 aromatic heterocycles. The van der Waals surface area contributed by atoms with Gasteiger partial charge in [-0.3, -0.25) is 0 Å². The third-order valence-electron chi connectivity index (χ3n) is 1.40. The number of aromatic nitrogens is 1. The summed E-state index contributed by atoms with van der Waals surface area (Å²) in [7, 11) is 0. The lowest BCUT2D eigenvalue weighted by Crippen LogP contribution is -2.31. The van der Waals surface area contributed by atoms with Crippen molar-refractivity contribution in [2.24, 2.45) is 0 Å². The molecule has 0 fully saturated rings. The number of pyridine rings is 1. The van der Waals surface area contributed by atoms with Crippen LogP contribution in [-0.4, -0.2) is 0 Å². The van der Waals surface area contributed by atoms with Gasteiger partial charge in [0.2, 0.25) is 0 Å². The summed E-state index contributed by atoms with van der Waals surface area (Å²) in [6.45, 7) is 3.52. The molecule has 0 spiro atoms. The molecule has 1 heterocycles. The Kier molecular flexibility index (Phi) is 1.81. The van der Waals surface area contributed by atoms with Crippen LogP contribution in [0.1, 0.15) is 11.3 Å². The second-order valence-corrected chi connectivity index (χ2v) is 2.60. The van der Waals surface area contributed by atoms with E-state index in [-0.39, 0.29) is 5.15 Å². The molecule has 0 amide bonds. The molecule has 0 atom stereocenters. The molecule has 10 heavy (non-hydrogen) atoms. The van der Waals surface area contributed by atoms with Gasteiger partial charge >= 0.3 is 0 Å². The van der Waals surface area contributed by atoms with E-state index in [0.717, 1.165) is 10.3 Å². The fourth-order valence-corrected chi connectivity index (χ4v) is 0.893. The highest BCUT2D eigenvalue weighted by molar-refractivity contribution is 6.29. The van der Waals surface area contributed by atoms with E-state index < -0.39 is 0 Å². The van der Waals surface area contributed by atoms with Crippen LogP contribution in [0.4, 0.5) is 0 Å². The SMILES string of the molecule is Cc1ccc(C)[n+]([O-])c1Cl. The van der Waals surface area contributed by atoms with Crippen LogP contribution in [0.15, 0.2) is 12.1 Å². The Morgan fingerprint density at radius 3 is 2.50 bits per heavy atom. The van der Waals surface area contributed by atoms with Crippen molar-refractivity contribution in [2.75, 3.05) is 0 Å². The Bertz CT molecular complexity index is 233. The molecule has 0 aliphatic heterocycles. The third kappa shape index (κ3) is 1.07. The molecule has 0 aromatic carbocycles. The molecule has 3 heteroatoms. The first-order chi connectivity index (χ1) is 4.63. The number of rotatable bonds is 0. The lowest BCUT2D eigenvalue weighted by Gasteiger charge is -2.02. The van der Waals surface area contributed by atoms with E-state index in [1.54, 1.807) is 19.9 Å². The topological polar surface area (TPSA) is 26.9 Å². The quantitative estimate of drug-likeness (QED) is 0.319. The van der Waals surface area contributed by atoms with E-state index in [1.807, 2.05) is 6.07 Å². The van der Waals surface area contributed by atoms with Gasteiger partial charge in [0.05, 0.1) is 0 Å². The van der Waals surface area contributed by atoms with E-state index >= 15 is 0 Å². The van der Waals surface area contributed by atoms with Gasteiger partial charge in [-0.2, -0.15) is 4.73 Å². The zero-order valence-corrected chi connectivity index (χ0v) is 6.64. The van der Waals surface area contributed by atoms with Crippen molar-refractivity contribution >= 4 is 11.6 Å². The smallest absolute Gasteiger partial charge is 0.289 e. The van der Waals surface area contributed by atoms with Gasteiger partial charge in [0.15, 0.2) is 5.69 Å². The first kappa shape index (κ1) is 7.35. The van der Waals surface area contributed by atoms with Crippen molar-refractivity contribution in [1.29, 1.82) is 0 Å². The molecule has 1 rings (SSSR count). The number of nitrogens with zero attached hydrogens (tertiary/aromatic N) is 1. The minimum absolute atomic E-state index is 0.264. The van der Waals surface area contributed by atoms with Gasteiger partial charge in [-0.15, -0.1) is 0 Å². The summed E-state index contributed by atoms with van der Waals surface area (Å²) < 4.78 is 0.719. The van der Waals surface area contributed by atoms with E-state index in [0.29, 0.717) is 5.69 Å². The standard InChI is InChI=1S/C7H8ClNO/c1-5-3-4-6(2)9(10)7(5)8/h3-4H,1-2H3. The normalized spacial score (nSPS) is 9.90. The monoisotopic (exact) mass is 157 g/mol. The summed E-state index contributed by atoms with van der Waals surface area (Å²) in [5.41, 5.74) is 1.43. The molecule has 0 aliphatic rings. The van der Waals surface area contributed by atoms with Crippen LogP contribution in [0.2, 0.25) is 5.15 Å². The molecule has 54 valence electrons. The minimum atomic E-state index is 0.264. The van der Waals surface area contributed by atoms with Crippen LogP contribution in [0.25, 0.3) is 0 Å². The molecule has 0 radical (unpaired) electrons. The van der Waals surface area contributed by atoms with Crippen LogP contribution in [0, 0.1) is 19.1 Å². The number of aryl methyl sites for hydroxylation is 2. The maximum Gasteiger partial charge on any atom is 0.289 e. The van der Waals surface area contributed by atoms with Gasteiger partial charge in [-0.25, -0.2) is 0 Å². The molecule has 0 saturated heterocycles. The predicted octanol–water partition coefficient (Wildman–Crippen LogP) is 1.59. The highest BCUT2D eigenvalue weighted by Crippen LogP contribution is 2.08. The summed E-state index contributed by atoms with van der Waals surface area (Å²) in [5.74, 6) is 0. The highest BCUT2D eigenvalue weighted by atomic mass is 35.5. The molecule has 0 bridgehead atoms. The predicted molar refractivity (Wildman–Crippen MR) is 39.9 cm³/mol. The first-order valence-corrected chi connectivity index (χ1v) is 3.36. The molecule has 0 N–H and O–H groups in total. The Morgan fingerprint density at radius 2 is 2.00 bits per heavy atom. The Balaban J connectivity index is 3.34. The fourth-order valence-electron chi connectivity index (χ4n) is 0.697. The first-order valence-electron chi connectivity index (χ1n) is 2.98. The lowest BCUT2D eigenvalue weighted by atomic mass is 10.3. The van der Waals surface area contributed by atoms with Gasteiger partial charge in [0.1, 0.15) is 0 Å². The van der Waals surface area contributed by atoms with Gasteiger partial charge in [-0.1, -0.05) is 0 Å². The van der Waals surface area contributed by atoms with Crippen LogP contribution >= 0.6 is 11.6 Å². The Morgan fingerprint density at radius 1 is 1.40 bits per heavy atom. The zero-order chi connectivity index (χ0) is 7.72. The zero-order valence-electron chi connectivity index (χ0n) is 5.89. The maximum atomic E-state index is 11.0. The van der Waals surface area contributed by atoms with Crippen molar-refractivity contribution in [1.82, 2.24) is 0 Å². The molecule has 2 nitrogen and oxygen atoms in total. The molecular weight excluding hydrogens is 150 g/mol. The van der Waals surface area contributed by atoms with Gasteiger partial charge in [0.25, 0.3) is 5.15 Å². The molecule has 0 unspecified atom stereocenters. The number of hydrogen-bond acceptors (Lipinski definition) is 1. The van der Waals surface area contributed by atoms with Crippen molar-refractivity contribution in [3.8, 4) is 0 Å². The summed E-state index contributed by atoms with van der Waals surface area (Å²) in [6.07, 6.45) is 0. The van der Waals surface area contributed by atoms with Crippen molar-refractivity contribution in [3.63, 3.8) is 0 Å². The summed E-state index contributed by atoms with van der Waals surface area (Å²) in [4.78, 5) is 0. The van der Waals surface area contributed by atoms with Gasteiger partial charge in [0, 0.05) is 18.6 Å². The summed E-state index contributed by atoms with van der Waals surface area (Å²) >= 11 is 5.63. The lowest BCUT2D eigenvalue weighted by molar-refractivity contribution is -0.610. The average molecular weight is 158 g/mol. The van der Waals surface area contributed by atoms with Gasteiger partial charge in [-0.05, 0) is 24.6 Å². The van der Waals surface area contributed by atoms with Crippen LogP contribution in [0.5, 0.6) is 0 Å². The Labute approximate surface area is 64.6 Å². The van der Waals surface area contributed by atoms with Crippen LogP contribution in [0.3, 0.4) is 0 Å². The maximum absolute atomic E-state index is 11.0. The second-order valence-electron chi connectivity index (χ2n) is 2.24. The molecule has 1 aromatic rings. The van der Waals surface area contributed by atoms with E-state index in [9.17, 15) is 5.21 Å². The number of halogens is 1. The van der Waals surface area contributed by atoms with Crippen molar-refractivity contribution in [3.05, 3.63) is 33.8 Å². The van der Waals surface area contributed by atoms with Crippen molar-refractivity contribution < 1.29 is 4.73 Å². The second kappa shape index (κ2) is 2.46. The van der Waals surface area contributed by atoms with E-state index in [2.05, 4.69) is 0 Å². The fraction of sp³-hybridized carbons (Fsp3) is 0.286. The van der Waals surface area contributed by atoms with Gasteiger partial charge < -0.3 is 5.21 Å². The van der Waals surface area contributed by atoms with Crippen LogP contribution < -0.4 is 4.73 Å². The van der Waals surface area contributed by atoms with E-state index in [1.165, 1.54) is 0 Å². The summed E-state index contributed by atoms with van der Waals surface area (Å²) in [5, 5.41) is 11.2. The minimum Gasteiger partial charge on any atom is -0.617 e. The van der Waals surface area contributed by atoms with E-state index in [4.69, 9.17) is 11.6 Å². The number of hydrogen-bond donors (Lipinski definition) is 0. The van der Waals surface area contributed by atoms with Crippen molar-refractivity contribution in [2.45, 2.75) is 13.8 Å². The Hall–Kier alpha value is -0.760. The molecule has 0 saturated carbocycles. The summed E-state index contributed by atoms with van der Waals surface area (Å²) in [6, 6.07) is 3.57. The molecular formula is C7H8ClNO. The highest BCUT2D eigenvalue weighted by Gasteiger charge is 2.06. The largest absolute Gasteiger partial charge is 0.617 e. The average Bonchev–Trinajstić information content (AvgIpc) is 1.93. The third-order valence-corrected chi connectivity index (χ3v) is 1.85. The van der Waals surface area contributed by atoms with Crippen LogP contribution in [-0.2, 0) is 0 Å².